The Balaban J connectivity index is 4.81. The van der Waals surface area contributed by atoms with Crippen molar-refractivity contribution in [2.75, 3.05) is 26.5 Å². The highest BCUT2D eigenvalue weighted by Crippen LogP contribution is 2.14. The summed E-state index contributed by atoms with van der Waals surface area (Å²) in [7, 11) is 1.25. The van der Waals surface area contributed by atoms with Gasteiger partial charge in [-0.1, -0.05) is 0 Å². The molecular formula is C10H14N2O4S. The van der Waals surface area contributed by atoms with Crippen LogP contribution in [0.15, 0.2) is 10.6 Å². The van der Waals surface area contributed by atoms with Gasteiger partial charge in [-0.25, -0.2) is 4.79 Å². The lowest BCUT2D eigenvalue weighted by atomic mass is 10.3. The second-order valence-electron chi connectivity index (χ2n) is 2.67. The third kappa shape index (κ3) is 5.26. The Bertz CT molecular complexity index is 360. The molecule has 0 unspecified atom stereocenters. The number of nitriles is 1. The fourth-order valence-electron chi connectivity index (χ4n) is 0.880. The minimum absolute atomic E-state index is 0.114. The summed E-state index contributed by atoms with van der Waals surface area (Å²) in [6.07, 6.45) is 1.68. The summed E-state index contributed by atoms with van der Waals surface area (Å²) in [5.41, 5.74) is -0.150. The zero-order valence-electron chi connectivity index (χ0n) is 9.90. The average molecular weight is 258 g/mol. The van der Waals surface area contributed by atoms with Gasteiger partial charge in [0.15, 0.2) is 5.57 Å². The number of rotatable bonds is 6. The van der Waals surface area contributed by atoms with Crippen LogP contribution in [-0.2, 0) is 19.1 Å². The van der Waals surface area contributed by atoms with Gasteiger partial charge in [0.05, 0.1) is 18.7 Å². The monoisotopic (exact) mass is 258 g/mol. The predicted octanol–water partition coefficient (Wildman–Crippen LogP) is 0.410. The molecule has 1 N–H and O–H groups in total. The second-order valence-corrected chi connectivity index (χ2v) is 3.49. The number of ether oxygens (including phenoxy) is 2. The Labute approximate surface area is 104 Å². The lowest BCUT2D eigenvalue weighted by Crippen LogP contribution is -2.24. The topological polar surface area (TPSA) is 88.4 Å². The number of thioether (sulfide) groups is 1. The third-order valence-electron chi connectivity index (χ3n) is 1.64. The average Bonchev–Trinajstić information content (AvgIpc) is 2.33. The molecule has 0 aliphatic heterocycles. The van der Waals surface area contributed by atoms with Gasteiger partial charge in [0, 0.05) is 0 Å². The predicted molar refractivity (Wildman–Crippen MR) is 62.8 cm³/mol. The van der Waals surface area contributed by atoms with Crippen LogP contribution < -0.4 is 5.32 Å². The van der Waals surface area contributed by atoms with E-state index in [0.29, 0.717) is 0 Å². The molecule has 0 aliphatic rings. The molecule has 0 rings (SSSR count). The summed E-state index contributed by atoms with van der Waals surface area (Å²) in [5, 5.41) is 11.8. The van der Waals surface area contributed by atoms with Crippen LogP contribution in [0, 0.1) is 11.3 Å². The molecule has 0 spiro atoms. The van der Waals surface area contributed by atoms with E-state index in [9.17, 15) is 9.59 Å². The van der Waals surface area contributed by atoms with Crippen LogP contribution in [0.2, 0.25) is 0 Å². The number of nitrogens with zero attached hydrogens (tertiary/aromatic N) is 1. The molecule has 0 aromatic rings. The number of carbonyl (C=O) groups is 2. The molecule has 0 aromatic carbocycles. The van der Waals surface area contributed by atoms with E-state index >= 15 is 0 Å². The maximum Gasteiger partial charge on any atom is 0.351 e. The van der Waals surface area contributed by atoms with Crippen LogP contribution in [0.3, 0.4) is 0 Å². The highest BCUT2D eigenvalue weighted by molar-refractivity contribution is 8.02. The van der Waals surface area contributed by atoms with E-state index in [1.165, 1.54) is 7.11 Å². The SMILES string of the molecule is CCOC(=O)/C(C#N)=C(\NCC(=O)OC)SC. The molecule has 0 fully saturated rings. The molecule has 0 saturated carbocycles. The van der Waals surface area contributed by atoms with Crippen LogP contribution in [0.5, 0.6) is 0 Å². The van der Waals surface area contributed by atoms with Gasteiger partial charge in [0.25, 0.3) is 0 Å². The van der Waals surface area contributed by atoms with Crippen molar-refractivity contribution in [3.8, 4) is 6.07 Å². The second kappa shape index (κ2) is 8.47. The minimum atomic E-state index is -0.711. The number of carbonyl (C=O) groups excluding carboxylic acids is 2. The quantitative estimate of drug-likeness (QED) is 0.419. The molecule has 6 nitrogen and oxygen atoms in total. The molecule has 0 heterocycles. The fourth-order valence-corrected chi connectivity index (χ4v) is 1.43. The fraction of sp³-hybridized carbons (Fsp3) is 0.500. The van der Waals surface area contributed by atoms with Gasteiger partial charge < -0.3 is 14.8 Å². The summed E-state index contributed by atoms with van der Waals surface area (Å²) >= 11 is 1.15. The highest BCUT2D eigenvalue weighted by atomic mass is 32.2. The van der Waals surface area contributed by atoms with Gasteiger partial charge in [-0.2, -0.15) is 5.26 Å². The first-order valence-corrected chi connectivity index (χ1v) is 5.99. The first-order chi connectivity index (χ1) is 8.10. The Kier molecular flexibility index (Phi) is 7.63. The van der Waals surface area contributed by atoms with Crippen LogP contribution in [0.1, 0.15) is 6.92 Å². The lowest BCUT2D eigenvalue weighted by Gasteiger charge is -2.09. The van der Waals surface area contributed by atoms with E-state index in [4.69, 9.17) is 10.00 Å². The van der Waals surface area contributed by atoms with Crippen molar-refractivity contribution < 1.29 is 19.1 Å². The van der Waals surface area contributed by atoms with Crippen LogP contribution in [-0.4, -0.2) is 38.5 Å². The van der Waals surface area contributed by atoms with E-state index in [2.05, 4.69) is 10.1 Å². The summed E-state index contributed by atoms with van der Waals surface area (Å²) in [4.78, 5) is 22.3. The molecule has 0 amide bonds. The van der Waals surface area contributed by atoms with Crippen molar-refractivity contribution >= 4 is 23.7 Å². The molecule has 0 radical (unpaired) electrons. The smallest absolute Gasteiger partial charge is 0.351 e. The van der Waals surface area contributed by atoms with Crippen molar-refractivity contribution in [2.45, 2.75) is 6.92 Å². The van der Waals surface area contributed by atoms with Crippen molar-refractivity contribution in [3.05, 3.63) is 10.6 Å². The third-order valence-corrected chi connectivity index (χ3v) is 2.40. The molecule has 0 aliphatic carbocycles. The summed E-state index contributed by atoms with van der Waals surface area (Å²) in [6, 6.07) is 1.75. The number of nitrogens with one attached hydrogen (secondary N) is 1. The standard InChI is InChI=1S/C10H14N2O4S/c1-4-16-10(14)7(5-11)9(17-3)12-6-8(13)15-2/h12H,4,6H2,1-3H3/b9-7+. The Hall–Kier alpha value is -1.68. The molecule has 0 atom stereocenters. The van der Waals surface area contributed by atoms with Gasteiger partial charge in [0.1, 0.15) is 12.6 Å². The number of methoxy groups -OCH3 is 1. The number of hydrogen-bond acceptors (Lipinski definition) is 7. The Morgan fingerprint density at radius 2 is 2.12 bits per heavy atom. The molecule has 17 heavy (non-hydrogen) atoms. The lowest BCUT2D eigenvalue weighted by molar-refractivity contribution is -0.140. The van der Waals surface area contributed by atoms with Crippen molar-refractivity contribution in [1.29, 1.82) is 5.26 Å². The molecule has 0 bridgehead atoms. The first kappa shape index (κ1) is 15.3. The van der Waals surface area contributed by atoms with E-state index in [1.54, 1.807) is 19.2 Å². The summed E-state index contributed by atoms with van der Waals surface area (Å²) < 4.78 is 9.16. The van der Waals surface area contributed by atoms with Crippen molar-refractivity contribution in [1.82, 2.24) is 5.32 Å². The Morgan fingerprint density at radius 1 is 1.47 bits per heavy atom. The van der Waals surface area contributed by atoms with Gasteiger partial charge in [-0.3, -0.25) is 4.79 Å². The number of esters is 2. The van der Waals surface area contributed by atoms with E-state index in [0.717, 1.165) is 11.8 Å². The summed E-state index contributed by atoms with van der Waals surface area (Å²) in [5.74, 6) is -1.20. The van der Waals surface area contributed by atoms with Crippen molar-refractivity contribution in [2.24, 2.45) is 0 Å². The Morgan fingerprint density at radius 3 is 2.53 bits per heavy atom. The molecule has 94 valence electrons. The van der Waals surface area contributed by atoms with E-state index in [-0.39, 0.29) is 23.8 Å². The van der Waals surface area contributed by atoms with Crippen LogP contribution >= 0.6 is 11.8 Å². The highest BCUT2D eigenvalue weighted by Gasteiger charge is 2.16. The van der Waals surface area contributed by atoms with Crippen LogP contribution in [0.25, 0.3) is 0 Å². The first-order valence-electron chi connectivity index (χ1n) is 4.76. The molecular weight excluding hydrogens is 244 g/mol. The van der Waals surface area contributed by atoms with Gasteiger partial charge in [0.2, 0.25) is 0 Å². The largest absolute Gasteiger partial charge is 0.468 e. The number of hydrogen-bond donors (Lipinski definition) is 1. The molecule has 0 saturated heterocycles. The maximum atomic E-state index is 11.4. The van der Waals surface area contributed by atoms with Crippen molar-refractivity contribution in [3.63, 3.8) is 0 Å². The van der Waals surface area contributed by atoms with E-state index in [1.807, 2.05) is 0 Å². The van der Waals surface area contributed by atoms with Gasteiger partial charge >= 0.3 is 11.9 Å². The molecule has 7 heteroatoms. The van der Waals surface area contributed by atoms with Gasteiger partial charge in [-0.15, -0.1) is 11.8 Å². The maximum absolute atomic E-state index is 11.4. The molecule has 0 aromatic heterocycles. The van der Waals surface area contributed by atoms with E-state index < -0.39 is 11.9 Å². The van der Waals surface area contributed by atoms with Crippen LogP contribution in [0.4, 0.5) is 0 Å². The zero-order chi connectivity index (χ0) is 13.3. The normalized spacial score (nSPS) is 10.9. The minimum Gasteiger partial charge on any atom is -0.468 e. The summed E-state index contributed by atoms with van der Waals surface area (Å²) in [6.45, 7) is 1.72. The van der Waals surface area contributed by atoms with Gasteiger partial charge in [-0.05, 0) is 13.2 Å². The zero-order valence-corrected chi connectivity index (χ0v) is 10.7.